The van der Waals surface area contributed by atoms with Crippen molar-refractivity contribution in [1.29, 1.82) is 0 Å². The molecule has 1 heterocycles. The largest absolute Gasteiger partial charge is 0.395 e. The maximum absolute atomic E-state index is 8.50. The lowest BCUT2D eigenvalue weighted by Gasteiger charge is -2.00. The maximum atomic E-state index is 8.50. The highest BCUT2D eigenvalue weighted by Gasteiger charge is 1.95. The third-order valence-corrected chi connectivity index (χ3v) is 2.23. The fourth-order valence-corrected chi connectivity index (χ4v) is 1.57. The Morgan fingerprint density at radius 1 is 1.70 bits per heavy atom. The van der Waals surface area contributed by atoms with Crippen LogP contribution in [0.25, 0.3) is 0 Å². The molecule has 56 valence electrons. The van der Waals surface area contributed by atoms with Crippen LogP contribution >= 0.6 is 11.3 Å². The van der Waals surface area contributed by atoms with Crippen molar-refractivity contribution < 1.29 is 5.11 Å². The molecule has 1 rings (SSSR count). The number of thiophene rings is 1. The summed E-state index contributed by atoms with van der Waals surface area (Å²) in [6.07, 6.45) is 0. The van der Waals surface area contributed by atoms with E-state index in [4.69, 9.17) is 5.11 Å². The first kappa shape index (κ1) is 7.57. The van der Waals surface area contributed by atoms with E-state index in [0.29, 0.717) is 6.54 Å². The molecule has 0 aromatic carbocycles. The van der Waals surface area contributed by atoms with E-state index in [2.05, 4.69) is 18.3 Å². The predicted molar refractivity (Wildman–Crippen MR) is 44.6 cm³/mol. The van der Waals surface area contributed by atoms with Crippen molar-refractivity contribution in [1.82, 2.24) is 0 Å². The normalized spacial score (nSPS) is 9.80. The van der Waals surface area contributed by atoms with E-state index < -0.39 is 0 Å². The van der Waals surface area contributed by atoms with Gasteiger partial charge in [-0.25, -0.2) is 0 Å². The van der Waals surface area contributed by atoms with Crippen molar-refractivity contribution in [3.8, 4) is 0 Å². The Hall–Kier alpha value is -0.540. The number of aryl methyl sites for hydroxylation is 1. The first-order valence-electron chi connectivity index (χ1n) is 3.23. The third kappa shape index (κ3) is 1.72. The SMILES string of the molecule is Cc1ccsc1NCCO. The molecule has 10 heavy (non-hydrogen) atoms. The highest BCUT2D eigenvalue weighted by Crippen LogP contribution is 2.20. The molecule has 0 amide bonds. The van der Waals surface area contributed by atoms with Crippen molar-refractivity contribution in [2.45, 2.75) is 6.92 Å². The molecule has 0 aliphatic heterocycles. The summed E-state index contributed by atoms with van der Waals surface area (Å²) in [5, 5.41) is 14.8. The number of hydrogen-bond donors (Lipinski definition) is 2. The zero-order valence-electron chi connectivity index (χ0n) is 5.92. The first-order chi connectivity index (χ1) is 4.84. The van der Waals surface area contributed by atoms with Gasteiger partial charge >= 0.3 is 0 Å². The minimum Gasteiger partial charge on any atom is -0.395 e. The van der Waals surface area contributed by atoms with Gasteiger partial charge in [-0.2, -0.15) is 0 Å². The van der Waals surface area contributed by atoms with Gasteiger partial charge in [0, 0.05) is 6.54 Å². The van der Waals surface area contributed by atoms with Crippen molar-refractivity contribution in [3.63, 3.8) is 0 Å². The quantitative estimate of drug-likeness (QED) is 0.696. The molecule has 0 saturated carbocycles. The zero-order chi connectivity index (χ0) is 7.40. The molecule has 1 aromatic rings. The van der Waals surface area contributed by atoms with Crippen molar-refractivity contribution in [3.05, 3.63) is 17.0 Å². The van der Waals surface area contributed by atoms with E-state index in [1.54, 1.807) is 11.3 Å². The van der Waals surface area contributed by atoms with Crippen LogP contribution < -0.4 is 5.32 Å². The summed E-state index contributed by atoms with van der Waals surface area (Å²) in [7, 11) is 0. The monoisotopic (exact) mass is 157 g/mol. The molecule has 0 unspecified atom stereocenters. The van der Waals surface area contributed by atoms with Crippen LogP contribution in [0.1, 0.15) is 5.56 Å². The highest BCUT2D eigenvalue weighted by atomic mass is 32.1. The van der Waals surface area contributed by atoms with Gasteiger partial charge in [-0.05, 0) is 23.9 Å². The van der Waals surface area contributed by atoms with E-state index in [1.807, 2.05) is 5.38 Å². The standard InChI is InChI=1S/C7H11NOS/c1-6-2-5-10-7(6)8-3-4-9/h2,5,8-9H,3-4H2,1H3. The summed E-state index contributed by atoms with van der Waals surface area (Å²) in [5.41, 5.74) is 1.25. The fourth-order valence-electron chi connectivity index (χ4n) is 0.723. The lowest BCUT2D eigenvalue weighted by atomic mass is 10.4. The summed E-state index contributed by atoms with van der Waals surface area (Å²) in [6.45, 7) is 2.88. The van der Waals surface area contributed by atoms with Crippen LogP contribution in [0.5, 0.6) is 0 Å². The van der Waals surface area contributed by atoms with Crippen LogP contribution in [0.3, 0.4) is 0 Å². The van der Waals surface area contributed by atoms with Crippen molar-refractivity contribution in [2.75, 3.05) is 18.5 Å². The second-order valence-electron chi connectivity index (χ2n) is 2.08. The second kappa shape index (κ2) is 3.58. The van der Waals surface area contributed by atoms with Gasteiger partial charge in [0.1, 0.15) is 0 Å². The molecular formula is C7H11NOS. The summed E-state index contributed by atoms with van der Waals surface area (Å²) in [4.78, 5) is 0. The Labute approximate surface area is 64.5 Å². The number of aliphatic hydroxyl groups excluding tert-OH is 1. The predicted octanol–water partition coefficient (Wildman–Crippen LogP) is 1.46. The topological polar surface area (TPSA) is 32.3 Å². The van der Waals surface area contributed by atoms with Crippen molar-refractivity contribution >= 4 is 16.3 Å². The number of anilines is 1. The molecule has 0 atom stereocenters. The van der Waals surface area contributed by atoms with E-state index >= 15 is 0 Å². The first-order valence-corrected chi connectivity index (χ1v) is 4.11. The summed E-state index contributed by atoms with van der Waals surface area (Å²) in [5.74, 6) is 0. The molecule has 0 spiro atoms. The van der Waals surface area contributed by atoms with Crippen LogP contribution in [-0.2, 0) is 0 Å². The summed E-state index contributed by atoms with van der Waals surface area (Å²) in [6, 6.07) is 2.06. The molecular weight excluding hydrogens is 146 g/mol. The second-order valence-corrected chi connectivity index (χ2v) is 3.00. The minimum absolute atomic E-state index is 0.192. The zero-order valence-corrected chi connectivity index (χ0v) is 6.74. The number of rotatable bonds is 3. The van der Waals surface area contributed by atoms with Gasteiger partial charge in [-0.3, -0.25) is 0 Å². The number of nitrogens with one attached hydrogen (secondary N) is 1. The number of aliphatic hydroxyl groups is 1. The van der Waals surface area contributed by atoms with Gasteiger partial charge < -0.3 is 10.4 Å². The van der Waals surface area contributed by atoms with Gasteiger partial charge in [0.15, 0.2) is 0 Å². The molecule has 2 nitrogen and oxygen atoms in total. The Kier molecular flexibility index (Phi) is 2.71. The molecule has 3 heteroatoms. The highest BCUT2D eigenvalue weighted by molar-refractivity contribution is 7.14. The number of hydrogen-bond acceptors (Lipinski definition) is 3. The lowest BCUT2D eigenvalue weighted by molar-refractivity contribution is 0.311. The van der Waals surface area contributed by atoms with Gasteiger partial charge in [0.05, 0.1) is 11.6 Å². The summed E-state index contributed by atoms with van der Waals surface area (Å²) >= 11 is 1.67. The van der Waals surface area contributed by atoms with Crippen molar-refractivity contribution in [2.24, 2.45) is 0 Å². The van der Waals surface area contributed by atoms with Gasteiger partial charge in [-0.15, -0.1) is 11.3 Å². The Bertz CT molecular complexity index is 197. The lowest BCUT2D eigenvalue weighted by Crippen LogP contribution is -2.04. The molecule has 1 aromatic heterocycles. The van der Waals surface area contributed by atoms with E-state index in [0.717, 1.165) is 5.00 Å². The Morgan fingerprint density at radius 2 is 2.50 bits per heavy atom. The summed E-state index contributed by atoms with van der Waals surface area (Å²) < 4.78 is 0. The molecule has 0 fully saturated rings. The van der Waals surface area contributed by atoms with E-state index in [-0.39, 0.29) is 6.61 Å². The van der Waals surface area contributed by atoms with Crippen LogP contribution in [0.4, 0.5) is 5.00 Å². The van der Waals surface area contributed by atoms with Gasteiger partial charge in [0.2, 0.25) is 0 Å². The molecule has 0 radical (unpaired) electrons. The third-order valence-electron chi connectivity index (χ3n) is 1.26. The average molecular weight is 157 g/mol. The molecule has 0 saturated heterocycles. The van der Waals surface area contributed by atoms with E-state index in [1.165, 1.54) is 5.56 Å². The molecule has 0 aliphatic carbocycles. The van der Waals surface area contributed by atoms with Crippen LogP contribution in [0.15, 0.2) is 11.4 Å². The van der Waals surface area contributed by atoms with Crippen LogP contribution in [0.2, 0.25) is 0 Å². The Balaban J connectivity index is 2.49. The van der Waals surface area contributed by atoms with Crippen LogP contribution in [-0.4, -0.2) is 18.3 Å². The molecule has 0 aliphatic rings. The van der Waals surface area contributed by atoms with Gasteiger partial charge in [0.25, 0.3) is 0 Å². The smallest absolute Gasteiger partial charge is 0.0912 e. The van der Waals surface area contributed by atoms with Gasteiger partial charge in [-0.1, -0.05) is 0 Å². The molecule has 2 N–H and O–H groups in total. The fraction of sp³-hybridized carbons (Fsp3) is 0.429. The average Bonchev–Trinajstić information content (AvgIpc) is 2.31. The van der Waals surface area contributed by atoms with E-state index in [9.17, 15) is 0 Å². The van der Waals surface area contributed by atoms with Crippen LogP contribution in [0, 0.1) is 6.92 Å². The minimum atomic E-state index is 0.192. The molecule has 0 bridgehead atoms. The Morgan fingerprint density at radius 3 is 3.00 bits per heavy atom. The maximum Gasteiger partial charge on any atom is 0.0912 e.